The van der Waals surface area contributed by atoms with Crippen LogP contribution < -0.4 is 14.8 Å². The maximum atomic E-state index is 5.94. The van der Waals surface area contributed by atoms with Crippen molar-refractivity contribution < 1.29 is 14.2 Å². The first kappa shape index (κ1) is 13.7. The molecule has 1 fully saturated rings. The van der Waals surface area contributed by atoms with E-state index < -0.39 is 0 Å². The maximum absolute atomic E-state index is 5.94. The topological polar surface area (TPSA) is 39.7 Å². The van der Waals surface area contributed by atoms with E-state index in [0.29, 0.717) is 19.1 Å². The Morgan fingerprint density at radius 2 is 2.00 bits per heavy atom. The van der Waals surface area contributed by atoms with Crippen molar-refractivity contribution in [2.75, 3.05) is 32.9 Å². The van der Waals surface area contributed by atoms with Crippen molar-refractivity contribution >= 4 is 0 Å². The smallest absolute Gasteiger partial charge is 0.161 e. The molecule has 4 nitrogen and oxygen atoms in total. The Balaban J connectivity index is 1.70. The minimum atomic E-state index is 0.176. The van der Waals surface area contributed by atoms with Crippen molar-refractivity contribution in [2.24, 2.45) is 5.92 Å². The van der Waals surface area contributed by atoms with Crippen LogP contribution in [-0.4, -0.2) is 32.9 Å². The highest BCUT2D eigenvalue weighted by Crippen LogP contribution is 2.39. The second-order valence-corrected chi connectivity index (χ2v) is 5.45. The monoisotopic (exact) mass is 277 g/mol. The van der Waals surface area contributed by atoms with Crippen molar-refractivity contribution in [1.82, 2.24) is 5.32 Å². The Hall–Kier alpha value is -1.26. The zero-order valence-corrected chi connectivity index (χ0v) is 12.1. The van der Waals surface area contributed by atoms with E-state index in [2.05, 4.69) is 24.4 Å². The number of benzene rings is 1. The van der Waals surface area contributed by atoms with Gasteiger partial charge in [-0.1, -0.05) is 13.0 Å². The van der Waals surface area contributed by atoms with Gasteiger partial charge in [-0.2, -0.15) is 0 Å². The molecule has 110 valence electrons. The van der Waals surface area contributed by atoms with Crippen LogP contribution in [0.4, 0.5) is 0 Å². The van der Waals surface area contributed by atoms with Crippen LogP contribution >= 0.6 is 0 Å². The van der Waals surface area contributed by atoms with Crippen LogP contribution in [0, 0.1) is 5.92 Å². The van der Waals surface area contributed by atoms with Crippen LogP contribution in [0.2, 0.25) is 0 Å². The van der Waals surface area contributed by atoms with Crippen LogP contribution in [0.1, 0.15) is 31.4 Å². The molecular formula is C16H23NO3. The molecule has 4 heteroatoms. The van der Waals surface area contributed by atoms with E-state index in [1.807, 2.05) is 6.07 Å². The lowest BCUT2D eigenvalue weighted by atomic mass is 9.95. The number of fused-ring (bicyclic) bond motifs is 1. The molecule has 1 saturated heterocycles. The van der Waals surface area contributed by atoms with Crippen molar-refractivity contribution in [3.63, 3.8) is 0 Å². The first-order chi connectivity index (χ1) is 9.88. The van der Waals surface area contributed by atoms with Crippen molar-refractivity contribution in [3.8, 4) is 11.5 Å². The summed E-state index contributed by atoms with van der Waals surface area (Å²) in [7, 11) is 0. The average Bonchev–Trinajstić information content (AvgIpc) is 2.95. The van der Waals surface area contributed by atoms with Crippen LogP contribution in [0.3, 0.4) is 0 Å². The fourth-order valence-corrected chi connectivity index (χ4v) is 2.91. The van der Waals surface area contributed by atoms with Gasteiger partial charge in [-0.15, -0.1) is 0 Å². The summed E-state index contributed by atoms with van der Waals surface area (Å²) in [6.45, 7) is 6.39. The first-order valence-electron chi connectivity index (χ1n) is 7.60. The molecule has 2 unspecified atom stereocenters. The van der Waals surface area contributed by atoms with E-state index in [1.54, 1.807) is 0 Å². The van der Waals surface area contributed by atoms with Crippen molar-refractivity contribution in [1.29, 1.82) is 0 Å². The van der Waals surface area contributed by atoms with Gasteiger partial charge in [0, 0.05) is 19.1 Å². The highest BCUT2D eigenvalue weighted by molar-refractivity contribution is 5.44. The number of rotatable bonds is 5. The normalized spacial score (nSPS) is 24.9. The Bertz CT molecular complexity index is 449. The molecule has 3 rings (SSSR count). The van der Waals surface area contributed by atoms with E-state index in [4.69, 9.17) is 14.2 Å². The van der Waals surface area contributed by atoms with E-state index in [-0.39, 0.29) is 6.10 Å². The fraction of sp³-hybridized carbons (Fsp3) is 0.625. The van der Waals surface area contributed by atoms with Crippen LogP contribution in [0.5, 0.6) is 11.5 Å². The third kappa shape index (κ3) is 2.91. The highest BCUT2D eigenvalue weighted by atomic mass is 16.6. The fourth-order valence-electron chi connectivity index (χ4n) is 2.91. The first-order valence-corrected chi connectivity index (χ1v) is 7.60. The van der Waals surface area contributed by atoms with E-state index in [1.165, 1.54) is 12.0 Å². The molecule has 20 heavy (non-hydrogen) atoms. The van der Waals surface area contributed by atoms with Crippen molar-refractivity contribution in [2.45, 2.75) is 25.9 Å². The maximum Gasteiger partial charge on any atom is 0.161 e. The molecule has 0 spiro atoms. The second-order valence-electron chi connectivity index (χ2n) is 5.45. The predicted octanol–water partition coefficient (Wildman–Crippen LogP) is 2.54. The summed E-state index contributed by atoms with van der Waals surface area (Å²) in [6.07, 6.45) is 2.47. The lowest BCUT2D eigenvalue weighted by molar-refractivity contribution is 0.0897. The van der Waals surface area contributed by atoms with Gasteiger partial charge in [-0.05, 0) is 37.1 Å². The number of nitrogens with one attached hydrogen (secondary N) is 1. The van der Waals surface area contributed by atoms with Gasteiger partial charge >= 0.3 is 0 Å². The van der Waals surface area contributed by atoms with Gasteiger partial charge < -0.3 is 19.5 Å². The zero-order valence-electron chi connectivity index (χ0n) is 12.1. The molecule has 2 aliphatic rings. The summed E-state index contributed by atoms with van der Waals surface area (Å²) in [6, 6.07) is 6.19. The lowest BCUT2D eigenvalue weighted by Crippen LogP contribution is -2.25. The Morgan fingerprint density at radius 3 is 2.85 bits per heavy atom. The molecule has 0 radical (unpaired) electrons. The van der Waals surface area contributed by atoms with Crippen LogP contribution in [-0.2, 0) is 4.74 Å². The summed E-state index contributed by atoms with van der Waals surface area (Å²) in [4.78, 5) is 0. The third-order valence-electron chi connectivity index (χ3n) is 3.94. The number of hydrogen-bond acceptors (Lipinski definition) is 4. The Morgan fingerprint density at radius 1 is 1.15 bits per heavy atom. The average molecular weight is 277 g/mol. The molecule has 0 aliphatic carbocycles. The molecule has 1 aromatic carbocycles. The summed E-state index contributed by atoms with van der Waals surface area (Å²) in [5.74, 6) is 2.24. The molecule has 0 bridgehead atoms. The molecule has 2 aliphatic heterocycles. The number of ether oxygens (including phenoxy) is 3. The SMILES string of the molecule is CCCNCC1CCOC1c1ccc2c(c1)OCCO2. The quantitative estimate of drug-likeness (QED) is 0.840. The second kappa shape index (κ2) is 6.46. The minimum Gasteiger partial charge on any atom is -0.486 e. The summed E-state index contributed by atoms with van der Waals surface area (Å²) < 4.78 is 17.2. The summed E-state index contributed by atoms with van der Waals surface area (Å²) in [5, 5.41) is 3.50. The zero-order chi connectivity index (χ0) is 13.8. The molecule has 2 heterocycles. The predicted molar refractivity (Wildman–Crippen MR) is 77.4 cm³/mol. The Kier molecular flexibility index (Phi) is 4.43. The Labute approximate surface area is 120 Å². The molecule has 2 atom stereocenters. The molecule has 0 amide bonds. The van der Waals surface area contributed by atoms with Gasteiger partial charge in [-0.3, -0.25) is 0 Å². The van der Waals surface area contributed by atoms with E-state index in [9.17, 15) is 0 Å². The van der Waals surface area contributed by atoms with Crippen molar-refractivity contribution in [3.05, 3.63) is 23.8 Å². The van der Waals surface area contributed by atoms with Gasteiger partial charge in [-0.25, -0.2) is 0 Å². The highest BCUT2D eigenvalue weighted by Gasteiger charge is 2.30. The molecule has 1 N–H and O–H groups in total. The van der Waals surface area contributed by atoms with Gasteiger partial charge in [0.2, 0.25) is 0 Å². The third-order valence-corrected chi connectivity index (χ3v) is 3.94. The van der Waals surface area contributed by atoms with Gasteiger partial charge in [0.25, 0.3) is 0 Å². The summed E-state index contributed by atoms with van der Waals surface area (Å²) >= 11 is 0. The van der Waals surface area contributed by atoms with E-state index in [0.717, 1.165) is 37.6 Å². The molecule has 1 aromatic rings. The molecule has 0 aromatic heterocycles. The lowest BCUT2D eigenvalue weighted by Gasteiger charge is -2.23. The molecular weight excluding hydrogens is 254 g/mol. The van der Waals surface area contributed by atoms with E-state index >= 15 is 0 Å². The number of hydrogen-bond donors (Lipinski definition) is 1. The van der Waals surface area contributed by atoms with Crippen LogP contribution in [0.15, 0.2) is 18.2 Å². The summed E-state index contributed by atoms with van der Waals surface area (Å²) in [5.41, 5.74) is 1.20. The van der Waals surface area contributed by atoms with Crippen LogP contribution in [0.25, 0.3) is 0 Å². The van der Waals surface area contributed by atoms with Gasteiger partial charge in [0.1, 0.15) is 13.2 Å². The van der Waals surface area contributed by atoms with Gasteiger partial charge in [0.05, 0.1) is 6.10 Å². The molecule has 0 saturated carbocycles. The largest absolute Gasteiger partial charge is 0.486 e. The standard InChI is InChI=1S/C16H23NO3/c1-2-6-17-11-13-5-7-20-16(13)12-3-4-14-15(10-12)19-9-8-18-14/h3-4,10,13,16-17H,2,5-9,11H2,1H3. The van der Waals surface area contributed by atoms with Gasteiger partial charge in [0.15, 0.2) is 11.5 Å². The minimum absolute atomic E-state index is 0.176.